The number of aromatic nitrogens is 1. The van der Waals surface area contributed by atoms with Gasteiger partial charge in [-0.15, -0.1) is 0 Å². The van der Waals surface area contributed by atoms with Gasteiger partial charge in [0.15, 0.2) is 0 Å². The summed E-state index contributed by atoms with van der Waals surface area (Å²) >= 11 is 3.27. The quantitative estimate of drug-likeness (QED) is 0.822. The second-order valence-electron chi connectivity index (χ2n) is 3.57. The van der Waals surface area contributed by atoms with Crippen LogP contribution in [0.5, 0.6) is 0 Å². The molecule has 3 nitrogen and oxygen atoms in total. The van der Waals surface area contributed by atoms with Gasteiger partial charge in [-0.1, -0.05) is 0 Å². The van der Waals surface area contributed by atoms with Crippen molar-refractivity contribution in [3.8, 4) is 0 Å². The SMILES string of the molecule is Cc1cc(Br)ncc1C(=O)NC1CC1. The fourth-order valence-electron chi connectivity index (χ4n) is 1.25. The first-order valence-corrected chi connectivity index (χ1v) is 5.39. The molecule has 0 bridgehead atoms. The summed E-state index contributed by atoms with van der Waals surface area (Å²) < 4.78 is 0.762. The number of pyridine rings is 1. The molecule has 1 heterocycles. The normalized spacial score (nSPS) is 15.3. The molecule has 1 saturated carbocycles. The number of rotatable bonds is 2. The van der Waals surface area contributed by atoms with Gasteiger partial charge in [0.25, 0.3) is 5.91 Å². The summed E-state index contributed by atoms with van der Waals surface area (Å²) in [5, 5.41) is 2.94. The summed E-state index contributed by atoms with van der Waals surface area (Å²) in [6, 6.07) is 2.24. The van der Waals surface area contributed by atoms with Gasteiger partial charge < -0.3 is 5.32 Å². The zero-order chi connectivity index (χ0) is 10.1. The van der Waals surface area contributed by atoms with Crippen molar-refractivity contribution in [3.05, 3.63) is 28.0 Å². The van der Waals surface area contributed by atoms with E-state index in [-0.39, 0.29) is 5.91 Å². The van der Waals surface area contributed by atoms with Gasteiger partial charge in [0, 0.05) is 12.2 Å². The van der Waals surface area contributed by atoms with Crippen LogP contribution in [0.3, 0.4) is 0 Å². The van der Waals surface area contributed by atoms with Crippen molar-refractivity contribution in [1.82, 2.24) is 10.3 Å². The van der Waals surface area contributed by atoms with E-state index < -0.39 is 0 Å². The third-order valence-corrected chi connectivity index (χ3v) is 2.67. The first-order valence-electron chi connectivity index (χ1n) is 4.60. The van der Waals surface area contributed by atoms with Crippen LogP contribution in [-0.2, 0) is 0 Å². The molecule has 0 unspecified atom stereocenters. The van der Waals surface area contributed by atoms with Crippen molar-refractivity contribution < 1.29 is 4.79 Å². The number of nitrogens with zero attached hydrogens (tertiary/aromatic N) is 1. The van der Waals surface area contributed by atoms with E-state index in [1.54, 1.807) is 6.20 Å². The van der Waals surface area contributed by atoms with E-state index in [0.29, 0.717) is 11.6 Å². The van der Waals surface area contributed by atoms with Gasteiger partial charge in [-0.05, 0) is 47.3 Å². The van der Waals surface area contributed by atoms with Crippen LogP contribution in [0.4, 0.5) is 0 Å². The van der Waals surface area contributed by atoms with Crippen molar-refractivity contribution in [2.75, 3.05) is 0 Å². The van der Waals surface area contributed by atoms with Crippen LogP contribution in [0.1, 0.15) is 28.8 Å². The third kappa shape index (κ3) is 2.12. The van der Waals surface area contributed by atoms with Crippen LogP contribution in [0, 0.1) is 6.92 Å². The summed E-state index contributed by atoms with van der Waals surface area (Å²) in [5.41, 5.74) is 1.62. The number of hydrogen-bond acceptors (Lipinski definition) is 2. The summed E-state index contributed by atoms with van der Waals surface area (Å²) in [4.78, 5) is 15.7. The van der Waals surface area contributed by atoms with Gasteiger partial charge >= 0.3 is 0 Å². The highest BCUT2D eigenvalue weighted by molar-refractivity contribution is 9.10. The monoisotopic (exact) mass is 254 g/mol. The van der Waals surface area contributed by atoms with E-state index in [1.807, 2.05) is 13.0 Å². The molecular weight excluding hydrogens is 244 g/mol. The molecule has 0 atom stereocenters. The van der Waals surface area contributed by atoms with Gasteiger partial charge in [0.05, 0.1) is 5.56 Å². The van der Waals surface area contributed by atoms with Crippen molar-refractivity contribution >= 4 is 21.8 Å². The molecule has 1 aliphatic carbocycles. The number of carbonyl (C=O) groups is 1. The van der Waals surface area contributed by atoms with E-state index >= 15 is 0 Å². The van der Waals surface area contributed by atoms with Gasteiger partial charge in [0.2, 0.25) is 0 Å². The molecule has 0 saturated heterocycles. The highest BCUT2D eigenvalue weighted by Crippen LogP contribution is 2.20. The van der Waals surface area contributed by atoms with Gasteiger partial charge in [0.1, 0.15) is 4.60 Å². The lowest BCUT2D eigenvalue weighted by molar-refractivity contribution is 0.0950. The first kappa shape index (κ1) is 9.65. The summed E-state index contributed by atoms with van der Waals surface area (Å²) in [6.07, 6.45) is 3.82. The Balaban J connectivity index is 2.17. The van der Waals surface area contributed by atoms with Crippen LogP contribution < -0.4 is 5.32 Å². The van der Waals surface area contributed by atoms with Crippen molar-refractivity contribution in [3.63, 3.8) is 0 Å². The molecule has 1 N–H and O–H groups in total. The molecule has 0 aliphatic heterocycles. The molecule has 1 amide bonds. The predicted octanol–water partition coefficient (Wildman–Crippen LogP) is 2.04. The van der Waals surface area contributed by atoms with E-state index in [0.717, 1.165) is 23.0 Å². The Morgan fingerprint density at radius 2 is 2.36 bits per heavy atom. The van der Waals surface area contributed by atoms with E-state index in [9.17, 15) is 4.79 Å². The molecule has 4 heteroatoms. The van der Waals surface area contributed by atoms with Crippen molar-refractivity contribution in [2.24, 2.45) is 0 Å². The number of aryl methyl sites for hydroxylation is 1. The first-order chi connectivity index (χ1) is 6.66. The average Bonchev–Trinajstić information content (AvgIpc) is 2.87. The zero-order valence-corrected chi connectivity index (χ0v) is 9.47. The molecule has 0 spiro atoms. The standard InChI is InChI=1S/C10H11BrN2O/c1-6-4-9(11)12-5-8(6)10(14)13-7-2-3-7/h4-5,7H,2-3H2,1H3,(H,13,14). The van der Waals surface area contributed by atoms with Crippen LogP contribution in [0.15, 0.2) is 16.9 Å². The fourth-order valence-corrected chi connectivity index (χ4v) is 1.70. The third-order valence-electron chi connectivity index (χ3n) is 2.23. The summed E-state index contributed by atoms with van der Waals surface area (Å²) in [6.45, 7) is 1.91. The summed E-state index contributed by atoms with van der Waals surface area (Å²) in [7, 11) is 0. The lowest BCUT2D eigenvalue weighted by Gasteiger charge is -2.05. The lowest BCUT2D eigenvalue weighted by atomic mass is 10.1. The lowest BCUT2D eigenvalue weighted by Crippen LogP contribution is -2.26. The molecule has 1 fully saturated rings. The largest absolute Gasteiger partial charge is 0.349 e. The molecule has 14 heavy (non-hydrogen) atoms. The average molecular weight is 255 g/mol. The Bertz CT molecular complexity index is 374. The second-order valence-corrected chi connectivity index (χ2v) is 4.38. The Kier molecular flexibility index (Phi) is 2.54. The maximum atomic E-state index is 11.7. The van der Waals surface area contributed by atoms with Crippen molar-refractivity contribution in [2.45, 2.75) is 25.8 Å². The summed E-state index contributed by atoms with van der Waals surface area (Å²) in [5.74, 6) is -0.00926. The molecule has 1 aliphatic rings. The topological polar surface area (TPSA) is 42.0 Å². The zero-order valence-electron chi connectivity index (χ0n) is 7.88. The molecule has 1 aromatic heterocycles. The number of carbonyl (C=O) groups excluding carboxylic acids is 1. The van der Waals surface area contributed by atoms with E-state index in [2.05, 4.69) is 26.2 Å². The van der Waals surface area contributed by atoms with Crippen LogP contribution in [0.2, 0.25) is 0 Å². The van der Waals surface area contributed by atoms with E-state index in [1.165, 1.54) is 0 Å². The van der Waals surface area contributed by atoms with Crippen LogP contribution >= 0.6 is 15.9 Å². The Morgan fingerprint density at radius 3 is 2.93 bits per heavy atom. The van der Waals surface area contributed by atoms with Crippen LogP contribution in [-0.4, -0.2) is 16.9 Å². The number of hydrogen-bond donors (Lipinski definition) is 1. The second kappa shape index (κ2) is 3.69. The van der Waals surface area contributed by atoms with Crippen LogP contribution in [0.25, 0.3) is 0 Å². The molecule has 2 rings (SSSR count). The van der Waals surface area contributed by atoms with Gasteiger partial charge in [-0.25, -0.2) is 4.98 Å². The maximum Gasteiger partial charge on any atom is 0.253 e. The molecule has 1 aromatic rings. The van der Waals surface area contributed by atoms with Crippen molar-refractivity contribution in [1.29, 1.82) is 0 Å². The highest BCUT2D eigenvalue weighted by Gasteiger charge is 2.24. The maximum absolute atomic E-state index is 11.7. The Morgan fingerprint density at radius 1 is 1.64 bits per heavy atom. The Labute approximate surface area is 91.0 Å². The number of amides is 1. The number of nitrogens with one attached hydrogen (secondary N) is 1. The smallest absolute Gasteiger partial charge is 0.253 e. The molecular formula is C10H11BrN2O. The molecule has 0 aromatic carbocycles. The minimum Gasteiger partial charge on any atom is -0.349 e. The fraction of sp³-hybridized carbons (Fsp3) is 0.400. The Hall–Kier alpha value is -0.900. The minimum absolute atomic E-state index is 0.00926. The molecule has 0 radical (unpaired) electrons. The van der Waals surface area contributed by atoms with E-state index in [4.69, 9.17) is 0 Å². The number of halogens is 1. The molecule has 74 valence electrons. The minimum atomic E-state index is -0.00926. The van der Waals surface area contributed by atoms with Gasteiger partial charge in [-0.2, -0.15) is 0 Å². The predicted molar refractivity (Wildman–Crippen MR) is 57.2 cm³/mol. The van der Waals surface area contributed by atoms with Gasteiger partial charge in [-0.3, -0.25) is 4.79 Å². The highest BCUT2D eigenvalue weighted by atomic mass is 79.9.